The van der Waals surface area contributed by atoms with Gasteiger partial charge in [-0.3, -0.25) is 38.1 Å². The van der Waals surface area contributed by atoms with Gasteiger partial charge in [0, 0.05) is 54.4 Å². The number of aromatic nitrogens is 20. The number of aliphatic hydroxyl groups excluding tert-OH is 1. The van der Waals surface area contributed by atoms with E-state index in [0.717, 1.165) is 25.7 Å². The number of nitrogens with two attached hydrogens (primary N) is 1. The maximum Gasteiger partial charge on any atom is 0.318 e. The van der Waals surface area contributed by atoms with Gasteiger partial charge in [0.1, 0.15) is 58.0 Å². The molecule has 4 unspecified atom stereocenters. The number of aliphatic carboxylic acids is 1. The van der Waals surface area contributed by atoms with Crippen molar-refractivity contribution in [2.24, 2.45) is 0 Å². The Morgan fingerprint density at radius 2 is 0.792 bits per heavy atom. The number of rotatable bonds is 16. The minimum Gasteiger partial charge on any atom is -0.480 e. The number of carbonyl (C=O) groups is 7. The number of aromatic amines is 1. The van der Waals surface area contributed by atoms with Crippen LogP contribution in [0.3, 0.4) is 0 Å². The van der Waals surface area contributed by atoms with Crippen molar-refractivity contribution in [1.82, 2.24) is 98.0 Å². The number of hydrogen-bond donors (Lipinski definition) is 4. The van der Waals surface area contributed by atoms with Crippen LogP contribution in [0.2, 0.25) is 47.0 Å². The van der Waals surface area contributed by atoms with Crippen LogP contribution in [-0.4, -0.2) is 250 Å². The number of halogens is 10. The highest BCUT2D eigenvalue weighted by Crippen LogP contribution is 2.39. The molecule has 0 spiro atoms. The zero-order valence-electron chi connectivity index (χ0n) is 64.4. The second kappa shape index (κ2) is 44.5. The number of esters is 6. The van der Waals surface area contributed by atoms with Crippen LogP contribution in [0.15, 0.2) is 31.6 Å². The topological polar surface area (TPSA) is 516 Å². The van der Waals surface area contributed by atoms with Crippen LogP contribution < -0.4 is 5.73 Å². The summed E-state index contributed by atoms with van der Waals surface area (Å²) in [5, 5.41) is 18.0. The fourth-order valence-electron chi connectivity index (χ4n) is 13.0. The summed E-state index contributed by atoms with van der Waals surface area (Å²) in [6.07, 6.45) is 7.29. The number of alkyl halides is 1. The van der Waals surface area contributed by atoms with E-state index in [1.807, 2.05) is 27.7 Å². The predicted molar refractivity (Wildman–Crippen MR) is 433 cm³/mol. The Bertz CT molecular complexity index is 4950. The van der Waals surface area contributed by atoms with Gasteiger partial charge >= 0.3 is 41.8 Å². The minimum atomic E-state index is -0.980. The van der Waals surface area contributed by atoms with Crippen molar-refractivity contribution < 1.29 is 95.9 Å². The summed E-state index contributed by atoms with van der Waals surface area (Å²) in [6, 6.07) is -0.863. The number of carbonyl (C=O) groups excluding carboxylic acids is 6. The molecule has 15 rings (SSSR count). The number of nitrogens with one attached hydrogen (secondary N) is 1. The molecule has 5 aliphatic rings. The summed E-state index contributed by atoms with van der Waals surface area (Å²) in [5.41, 5.74) is 10.5. The molecule has 51 heteroatoms. The summed E-state index contributed by atoms with van der Waals surface area (Å²) in [6.45, 7) is 16.7. The lowest BCUT2D eigenvalue weighted by atomic mass is 10.1. The van der Waals surface area contributed by atoms with Crippen LogP contribution in [-0.2, 0) is 85.7 Å². The third-order valence-electron chi connectivity index (χ3n) is 17.8. The van der Waals surface area contributed by atoms with Crippen LogP contribution in [0.5, 0.6) is 0 Å². The number of H-pyrrole nitrogens is 1. The number of nitrogens with zero attached hydrogens (tertiary/aromatic N) is 19. The van der Waals surface area contributed by atoms with Gasteiger partial charge in [0.15, 0.2) is 73.0 Å². The average molecular weight is 1880 g/mol. The molecular weight excluding hydrogens is 1800 g/mol. The molecule has 5 fully saturated rings. The number of aliphatic hydroxyl groups is 1. The molecular formula is C69H81Cl10N21O20. The quantitative estimate of drug-likeness (QED) is 0.0229. The van der Waals surface area contributed by atoms with E-state index >= 15 is 0 Å². The van der Waals surface area contributed by atoms with E-state index in [0.29, 0.717) is 81.9 Å². The van der Waals surface area contributed by atoms with Gasteiger partial charge in [0.2, 0.25) is 32.7 Å². The molecule has 10 aromatic rings. The first-order valence-electron chi connectivity index (χ1n) is 36.0. The monoisotopic (exact) mass is 1870 g/mol. The van der Waals surface area contributed by atoms with Crippen molar-refractivity contribution in [3.05, 3.63) is 78.7 Å². The summed E-state index contributed by atoms with van der Waals surface area (Å²) in [7, 11) is 0. The number of hydrogen-bond acceptors (Lipinski definition) is 35. The average Bonchev–Trinajstić information content (AvgIpc) is 1.63. The number of imidazole rings is 5. The Morgan fingerprint density at radius 1 is 0.450 bits per heavy atom. The zero-order valence-corrected chi connectivity index (χ0v) is 72.0. The Hall–Kier alpha value is -8.50. The first-order chi connectivity index (χ1) is 56.6. The van der Waals surface area contributed by atoms with Crippen LogP contribution in [0.4, 0.5) is 5.82 Å². The third-order valence-corrected chi connectivity index (χ3v) is 20.0. The Morgan fingerprint density at radius 3 is 1.19 bits per heavy atom. The van der Waals surface area contributed by atoms with Crippen molar-refractivity contribution >= 4 is 219 Å². The van der Waals surface area contributed by atoms with Crippen LogP contribution in [0.25, 0.3) is 55.8 Å². The molecule has 0 aliphatic carbocycles. The molecule has 0 amide bonds. The highest BCUT2D eigenvalue weighted by Gasteiger charge is 2.45. The minimum absolute atomic E-state index is 0. The number of ether oxygens (including phenoxy) is 11. The van der Waals surface area contributed by atoms with Gasteiger partial charge in [0.25, 0.3) is 0 Å². The fourth-order valence-corrected chi connectivity index (χ4v) is 14.9. The molecule has 0 saturated carbocycles. The molecule has 5 aliphatic heterocycles. The van der Waals surface area contributed by atoms with Gasteiger partial charge in [-0.25, -0.2) is 44.9 Å². The van der Waals surface area contributed by atoms with Crippen LogP contribution in [0.1, 0.15) is 140 Å². The fraction of sp³-hybridized carbons (Fsp3) is 0.536. The zero-order chi connectivity index (χ0) is 87.0. The molecule has 0 bridgehead atoms. The summed E-state index contributed by atoms with van der Waals surface area (Å²) in [4.78, 5) is 139. The Labute approximate surface area is 732 Å². The van der Waals surface area contributed by atoms with E-state index in [2.05, 4.69) is 79.7 Å². The normalized spacial score (nSPS) is 23.2. The first-order valence-corrected chi connectivity index (χ1v) is 39.9. The molecule has 15 atom stereocenters. The van der Waals surface area contributed by atoms with Crippen molar-refractivity contribution in [3.63, 3.8) is 0 Å². The van der Waals surface area contributed by atoms with Gasteiger partial charge in [-0.05, 0) is 83.7 Å². The lowest BCUT2D eigenvalue weighted by molar-refractivity contribution is -0.174. The second-order valence-corrected chi connectivity index (χ2v) is 29.3. The first kappa shape index (κ1) is 97.0. The maximum atomic E-state index is 11.4. The second-order valence-electron chi connectivity index (χ2n) is 25.9. The van der Waals surface area contributed by atoms with E-state index < -0.39 is 54.7 Å². The van der Waals surface area contributed by atoms with E-state index in [1.54, 1.807) is 37.3 Å². The van der Waals surface area contributed by atoms with Gasteiger partial charge in [-0.15, -0.1) is 11.6 Å². The number of carboxylic acid groups (broad SMARTS) is 1. The highest BCUT2D eigenvalue weighted by molar-refractivity contribution is 6.37. The number of fused-ring (bicyclic) bond motifs is 5. The highest BCUT2D eigenvalue weighted by atomic mass is 35.5. The van der Waals surface area contributed by atoms with E-state index in [4.69, 9.17) is 179 Å². The summed E-state index contributed by atoms with van der Waals surface area (Å²) >= 11 is 57.5. The molecule has 5 saturated heterocycles. The van der Waals surface area contributed by atoms with Crippen LogP contribution >= 0.6 is 116 Å². The van der Waals surface area contributed by atoms with E-state index in [1.165, 1.54) is 54.2 Å². The third kappa shape index (κ3) is 24.7. The Balaban J connectivity index is 0.000000179. The van der Waals surface area contributed by atoms with Gasteiger partial charge < -0.3 is 86.7 Å². The maximum absolute atomic E-state index is 11.4. The molecule has 10 aromatic heterocycles. The standard InChI is InChI=1S/3C13H14Cl2N4O3.C12H14ClN5O4.C10H16O5.C5H2Cl2N4.C2H3ClO2.CH4/c2*1-3-8-10(22-6(2)20)7(4-21-8)19-5-16-9-11(14)17-13(15)18-12(9)19;1-3-7-8(21-6(2)20)4-9(22-7)19-5-16-10-11(14)17-13(15)18-12(10)19;1-5(20)22-9-6(3-21-7(9)2-19)18-4-15-8-10(14)16-12(13)17-11(8)18;1-4-8-9(13-6(2)11)5-10(15-8)14-7(3)12;6-3-2-4(9-1-8-2)11-5(7)10-3;3-1-2(4)5;/h2*5,7-8,10H,3-4H2,1-2H3;5,7-9H,3-4H2,1-2H3;4,6-7,9,19H,2-3H2,1H3,(H2,14,16,17);8-10H,4-5H2,1-3H3;1H,(H,8,9,10,11);1H2,(H,4,5);1H4/t2*7?,8-,10-;7-,8-,9-;6?,7-,9-;8-,9-,10?;;;/m11111.../s1. The SMILES string of the molecule is C.CC(=O)O[C@@H]1C(n2cnc3c(N)nc(Cl)nc32)CO[C@@H]1CO.CC[C@H]1OC(OC(C)=O)C[C@H]1OC(C)=O.CC[C@H]1OCC(n2cnc3c(Cl)nc(Cl)nc32)[C@H]1OC(C)=O.CC[C@H]1OCC(n2cnc3c(Cl)nc(Cl)nc32)[C@H]1OC(C)=O.CC[C@H]1O[C@@H](n2cnc3c(Cl)nc(Cl)nc32)C[C@H]1OC(C)=O.Clc1nc(Cl)c2[nH]cnc2n1.O=C(O)CCl. The molecule has 5 N–H and O–H groups in total. The molecule has 15 heterocycles. The molecule has 41 nitrogen and oxygen atoms in total. The smallest absolute Gasteiger partial charge is 0.318 e. The largest absolute Gasteiger partial charge is 0.480 e. The number of nitrogen functional groups attached to an aromatic ring is 1. The van der Waals surface area contributed by atoms with Crippen molar-refractivity contribution in [1.29, 1.82) is 0 Å². The van der Waals surface area contributed by atoms with E-state index in [-0.39, 0.29) is 158 Å². The van der Waals surface area contributed by atoms with Gasteiger partial charge in [-0.1, -0.05) is 81.5 Å². The van der Waals surface area contributed by atoms with Gasteiger partial charge in [-0.2, -0.15) is 29.9 Å². The lowest BCUT2D eigenvalue weighted by Crippen LogP contribution is -2.35. The Kier molecular flexibility index (Phi) is 36.0. The van der Waals surface area contributed by atoms with Gasteiger partial charge in [0.05, 0.1) is 101 Å². The summed E-state index contributed by atoms with van der Waals surface area (Å²) < 4.78 is 66.7. The van der Waals surface area contributed by atoms with Crippen molar-refractivity contribution in [3.8, 4) is 0 Å². The molecule has 0 radical (unpaired) electrons. The van der Waals surface area contributed by atoms with Crippen molar-refractivity contribution in [2.45, 2.75) is 207 Å². The molecule has 120 heavy (non-hydrogen) atoms. The molecule has 0 aromatic carbocycles. The summed E-state index contributed by atoms with van der Waals surface area (Å²) in [5.74, 6) is -3.35. The van der Waals surface area contributed by atoms with Crippen LogP contribution in [0, 0.1) is 0 Å². The molecule has 652 valence electrons. The number of anilines is 1. The lowest BCUT2D eigenvalue weighted by Gasteiger charge is -2.22. The van der Waals surface area contributed by atoms with Crippen molar-refractivity contribution in [2.75, 3.05) is 38.0 Å². The number of carboxylic acids is 1. The van der Waals surface area contributed by atoms with E-state index in [9.17, 15) is 38.7 Å². The predicted octanol–water partition coefficient (Wildman–Crippen LogP) is 11.1.